The Kier molecular flexibility index (Phi) is 3.50. The van der Waals surface area contributed by atoms with Crippen LogP contribution in [0.1, 0.15) is 25.7 Å². The third-order valence-corrected chi connectivity index (χ3v) is 4.23. The Morgan fingerprint density at radius 1 is 1.25 bits per heavy atom. The maximum atomic E-state index is 13.3. The van der Waals surface area contributed by atoms with Crippen molar-refractivity contribution in [1.29, 1.82) is 0 Å². The van der Waals surface area contributed by atoms with Crippen LogP contribution in [-0.2, 0) is 0 Å². The Hall–Kier alpha value is -0.610. The summed E-state index contributed by atoms with van der Waals surface area (Å²) in [6, 6.07) is 3.40. The van der Waals surface area contributed by atoms with E-state index in [0.717, 1.165) is 37.8 Å². The van der Waals surface area contributed by atoms with Gasteiger partial charge in [-0.25, -0.2) is 8.78 Å². The van der Waals surface area contributed by atoms with Crippen molar-refractivity contribution in [3.05, 3.63) is 29.8 Å². The van der Waals surface area contributed by atoms with Crippen LogP contribution in [0.15, 0.2) is 23.1 Å². The molecule has 1 N–H and O–H groups in total. The van der Waals surface area contributed by atoms with Crippen molar-refractivity contribution in [1.82, 2.24) is 0 Å². The molecule has 1 fully saturated rings. The SMILES string of the molecule is OC1(CSc2cc(F)ccc2F)CCCC1. The molecule has 16 heavy (non-hydrogen) atoms. The van der Waals surface area contributed by atoms with E-state index in [0.29, 0.717) is 5.75 Å². The van der Waals surface area contributed by atoms with Gasteiger partial charge in [0.15, 0.2) is 0 Å². The molecule has 0 bridgehead atoms. The Bertz CT molecular complexity index is 375. The molecular weight excluding hydrogens is 230 g/mol. The van der Waals surface area contributed by atoms with Crippen LogP contribution in [0.25, 0.3) is 0 Å². The quantitative estimate of drug-likeness (QED) is 0.823. The summed E-state index contributed by atoms with van der Waals surface area (Å²) in [7, 11) is 0. The van der Waals surface area contributed by atoms with Gasteiger partial charge >= 0.3 is 0 Å². The van der Waals surface area contributed by atoms with Gasteiger partial charge < -0.3 is 5.11 Å². The molecule has 0 spiro atoms. The normalized spacial score (nSPS) is 18.9. The molecular formula is C12H14F2OS. The van der Waals surface area contributed by atoms with Gasteiger partial charge in [-0.05, 0) is 31.0 Å². The fourth-order valence-electron chi connectivity index (χ4n) is 1.98. The minimum atomic E-state index is -0.691. The molecule has 1 aromatic carbocycles. The highest BCUT2D eigenvalue weighted by Crippen LogP contribution is 2.35. The first-order valence-corrected chi connectivity index (χ1v) is 6.38. The molecule has 1 aliphatic carbocycles. The van der Waals surface area contributed by atoms with E-state index in [1.54, 1.807) is 0 Å². The third kappa shape index (κ3) is 2.74. The number of aliphatic hydroxyl groups is 1. The van der Waals surface area contributed by atoms with Gasteiger partial charge in [-0.1, -0.05) is 12.8 Å². The molecule has 1 nitrogen and oxygen atoms in total. The van der Waals surface area contributed by atoms with Crippen molar-refractivity contribution < 1.29 is 13.9 Å². The second kappa shape index (κ2) is 4.72. The number of benzene rings is 1. The third-order valence-electron chi connectivity index (χ3n) is 2.92. The van der Waals surface area contributed by atoms with Crippen LogP contribution in [0.3, 0.4) is 0 Å². The van der Waals surface area contributed by atoms with Gasteiger partial charge in [-0.3, -0.25) is 0 Å². The van der Waals surface area contributed by atoms with Gasteiger partial charge in [-0.15, -0.1) is 11.8 Å². The van der Waals surface area contributed by atoms with Gasteiger partial charge in [-0.2, -0.15) is 0 Å². The van der Waals surface area contributed by atoms with Crippen molar-refractivity contribution in [2.75, 3.05) is 5.75 Å². The zero-order valence-electron chi connectivity index (χ0n) is 8.88. The summed E-state index contributed by atoms with van der Waals surface area (Å²) in [5, 5.41) is 10.1. The van der Waals surface area contributed by atoms with Crippen LogP contribution in [0.4, 0.5) is 8.78 Å². The molecule has 88 valence electrons. The highest BCUT2D eigenvalue weighted by atomic mass is 32.2. The zero-order chi connectivity index (χ0) is 11.6. The lowest BCUT2D eigenvalue weighted by Crippen LogP contribution is -2.27. The van der Waals surface area contributed by atoms with E-state index in [2.05, 4.69) is 0 Å². The standard InChI is InChI=1S/C12H14F2OS/c13-9-3-4-10(14)11(7-9)16-8-12(15)5-1-2-6-12/h3-4,7,15H,1-2,5-6,8H2. The van der Waals surface area contributed by atoms with Gasteiger partial charge in [0, 0.05) is 10.6 Å². The van der Waals surface area contributed by atoms with Crippen LogP contribution < -0.4 is 0 Å². The summed E-state index contributed by atoms with van der Waals surface area (Å²) >= 11 is 1.19. The summed E-state index contributed by atoms with van der Waals surface area (Å²) in [5.74, 6) is -0.428. The largest absolute Gasteiger partial charge is 0.389 e. The number of rotatable bonds is 3. The van der Waals surface area contributed by atoms with Gasteiger partial charge in [0.1, 0.15) is 11.6 Å². The van der Waals surface area contributed by atoms with Gasteiger partial charge in [0.25, 0.3) is 0 Å². The van der Waals surface area contributed by atoms with Crippen LogP contribution in [0, 0.1) is 11.6 Å². The van der Waals surface area contributed by atoms with Crippen LogP contribution in [0.2, 0.25) is 0 Å². The number of thioether (sulfide) groups is 1. The lowest BCUT2D eigenvalue weighted by Gasteiger charge is -2.21. The van der Waals surface area contributed by atoms with E-state index < -0.39 is 17.2 Å². The fourth-order valence-corrected chi connectivity index (χ4v) is 3.09. The summed E-state index contributed by atoms with van der Waals surface area (Å²) in [6.07, 6.45) is 3.55. The predicted molar refractivity (Wildman–Crippen MR) is 60.5 cm³/mol. The Morgan fingerprint density at radius 2 is 1.94 bits per heavy atom. The average Bonchev–Trinajstić information content (AvgIpc) is 2.67. The molecule has 4 heteroatoms. The first-order chi connectivity index (χ1) is 7.59. The van der Waals surface area contributed by atoms with Crippen molar-refractivity contribution in [2.45, 2.75) is 36.2 Å². The molecule has 0 saturated heterocycles. The van der Waals surface area contributed by atoms with Gasteiger partial charge in [0.05, 0.1) is 5.60 Å². The lowest BCUT2D eigenvalue weighted by atomic mass is 10.1. The van der Waals surface area contributed by atoms with E-state index in [4.69, 9.17) is 0 Å². The smallest absolute Gasteiger partial charge is 0.136 e. The number of hydrogen-bond donors (Lipinski definition) is 1. The Morgan fingerprint density at radius 3 is 2.62 bits per heavy atom. The summed E-state index contributed by atoms with van der Waals surface area (Å²) in [6.45, 7) is 0. The average molecular weight is 244 g/mol. The predicted octanol–water partition coefficient (Wildman–Crippen LogP) is 3.36. The summed E-state index contributed by atoms with van der Waals surface area (Å²) in [5.41, 5.74) is -0.691. The molecule has 0 heterocycles. The van der Waals surface area contributed by atoms with Crippen LogP contribution in [-0.4, -0.2) is 16.5 Å². The van der Waals surface area contributed by atoms with Gasteiger partial charge in [0.2, 0.25) is 0 Å². The molecule has 1 aromatic rings. The highest BCUT2D eigenvalue weighted by molar-refractivity contribution is 7.99. The first kappa shape index (κ1) is 11.9. The molecule has 2 rings (SSSR count). The van der Waals surface area contributed by atoms with E-state index in [-0.39, 0.29) is 4.90 Å². The molecule has 0 aromatic heterocycles. The summed E-state index contributed by atoms with van der Waals surface area (Å²) in [4.78, 5) is 0.278. The molecule has 0 radical (unpaired) electrons. The molecule has 0 amide bonds. The van der Waals surface area contributed by atoms with Crippen LogP contribution in [0.5, 0.6) is 0 Å². The maximum Gasteiger partial charge on any atom is 0.136 e. The maximum absolute atomic E-state index is 13.3. The Balaban J connectivity index is 2.01. The van der Waals surface area contributed by atoms with E-state index in [1.165, 1.54) is 17.8 Å². The second-order valence-electron chi connectivity index (χ2n) is 4.29. The Labute approximate surface area is 97.9 Å². The summed E-state index contributed by atoms with van der Waals surface area (Å²) < 4.78 is 26.2. The highest BCUT2D eigenvalue weighted by Gasteiger charge is 2.31. The van der Waals surface area contributed by atoms with E-state index in [1.807, 2.05) is 0 Å². The fraction of sp³-hybridized carbons (Fsp3) is 0.500. The number of halogens is 2. The van der Waals surface area contributed by atoms with E-state index >= 15 is 0 Å². The van der Waals surface area contributed by atoms with Crippen LogP contribution >= 0.6 is 11.8 Å². The molecule has 1 saturated carbocycles. The van der Waals surface area contributed by atoms with E-state index in [9.17, 15) is 13.9 Å². The van der Waals surface area contributed by atoms with Crippen molar-refractivity contribution in [3.63, 3.8) is 0 Å². The second-order valence-corrected chi connectivity index (χ2v) is 5.31. The molecule has 1 aliphatic rings. The molecule has 0 unspecified atom stereocenters. The topological polar surface area (TPSA) is 20.2 Å². The first-order valence-electron chi connectivity index (χ1n) is 5.39. The molecule has 0 atom stereocenters. The molecule has 0 aliphatic heterocycles. The zero-order valence-corrected chi connectivity index (χ0v) is 9.70. The lowest BCUT2D eigenvalue weighted by molar-refractivity contribution is 0.0732. The minimum absolute atomic E-state index is 0.278. The van der Waals surface area contributed by atoms with Crippen molar-refractivity contribution in [3.8, 4) is 0 Å². The van der Waals surface area contributed by atoms with Crippen molar-refractivity contribution >= 4 is 11.8 Å². The number of hydrogen-bond acceptors (Lipinski definition) is 2. The monoisotopic (exact) mass is 244 g/mol. The minimum Gasteiger partial charge on any atom is -0.389 e. The van der Waals surface area contributed by atoms with Crippen molar-refractivity contribution in [2.24, 2.45) is 0 Å².